The van der Waals surface area contributed by atoms with Gasteiger partial charge in [-0.05, 0) is 12.8 Å². The van der Waals surface area contributed by atoms with Gasteiger partial charge < -0.3 is 10.0 Å². The molecule has 0 spiro atoms. The predicted octanol–water partition coefficient (Wildman–Crippen LogP) is 0.804. The number of amides is 1. The molecule has 0 atom stereocenters. The first kappa shape index (κ1) is 10.5. The summed E-state index contributed by atoms with van der Waals surface area (Å²) >= 11 is 0. The first-order chi connectivity index (χ1) is 6.65. The maximum atomic E-state index is 11.4. The first-order valence-electron chi connectivity index (χ1n) is 4.47. The molecule has 4 heteroatoms. The molecule has 0 saturated heterocycles. The van der Waals surface area contributed by atoms with Crippen molar-refractivity contribution in [1.29, 1.82) is 0 Å². The number of rotatable bonds is 5. The van der Waals surface area contributed by atoms with Crippen molar-refractivity contribution in [2.45, 2.75) is 18.9 Å². The minimum Gasteiger partial charge on any atom is -0.478 e. The Morgan fingerprint density at radius 1 is 1.43 bits per heavy atom. The van der Waals surface area contributed by atoms with Gasteiger partial charge in [-0.1, -0.05) is 6.08 Å². The van der Waals surface area contributed by atoms with Gasteiger partial charge in [0.1, 0.15) is 0 Å². The highest BCUT2D eigenvalue weighted by atomic mass is 16.4. The summed E-state index contributed by atoms with van der Waals surface area (Å²) in [7, 11) is 0. The molecule has 1 fully saturated rings. The van der Waals surface area contributed by atoms with Gasteiger partial charge in [-0.2, -0.15) is 0 Å². The highest BCUT2D eigenvalue weighted by Gasteiger charge is 2.30. The van der Waals surface area contributed by atoms with Gasteiger partial charge in [-0.15, -0.1) is 6.58 Å². The lowest BCUT2D eigenvalue weighted by molar-refractivity contribution is -0.132. The summed E-state index contributed by atoms with van der Waals surface area (Å²) in [6.07, 6.45) is 5.59. The minimum absolute atomic E-state index is 0.255. The van der Waals surface area contributed by atoms with Gasteiger partial charge in [-0.3, -0.25) is 4.79 Å². The Kier molecular flexibility index (Phi) is 3.45. The Bertz CT molecular complexity index is 279. The number of hydrogen-bond donors (Lipinski definition) is 1. The number of carboxylic acid groups (broad SMARTS) is 1. The number of carboxylic acids is 1. The molecule has 0 unspecified atom stereocenters. The van der Waals surface area contributed by atoms with Crippen molar-refractivity contribution in [1.82, 2.24) is 4.90 Å². The molecule has 14 heavy (non-hydrogen) atoms. The van der Waals surface area contributed by atoms with Crippen LogP contribution in [0.5, 0.6) is 0 Å². The molecule has 0 heterocycles. The molecular weight excluding hydrogens is 182 g/mol. The van der Waals surface area contributed by atoms with Crippen LogP contribution in [0.2, 0.25) is 0 Å². The van der Waals surface area contributed by atoms with Crippen molar-refractivity contribution in [2.24, 2.45) is 0 Å². The molecule has 0 aromatic heterocycles. The summed E-state index contributed by atoms with van der Waals surface area (Å²) in [5, 5.41) is 8.35. The van der Waals surface area contributed by atoms with Gasteiger partial charge in [0.05, 0.1) is 0 Å². The fourth-order valence-electron chi connectivity index (χ4n) is 1.18. The zero-order chi connectivity index (χ0) is 10.6. The van der Waals surface area contributed by atoms with E-state index >= 15 is 0 Å². The van der Waals surface area contributed by atoms with Crippen LogP contribution in [0, 0.1) is 0 Å². The van der Waals surface area contributed by atoms with Crippen LogP contribution in [0.25, 0.3) is 0 Å². The van der Waals surface area contributed by atoms with Crippen LogP contribution >= 0.6 is 0 Å². The second-order valence-corrected chi connectivity index (χ2v) is 3.18. The Morgan fingerprint density at radius 3 is 2.50 bits per heavy atom. The highest BCUT2D eigenvalue weighted by Crippen LogP contribution is 2.26. The number of hydrogen-bond acceptors (Lipinski definition) is 2. The maximum Gasteiger partial charge on any atom is 0.328 e. The largest absolute Gasteiger partial charge is 0.478 e. The summed E-state index contributed by atoms with van der Waals surface area (Å²) in [4.78, 5) is 23.3. The van der Waals surface area contributed by atoms with Crippen LogP contribution in [-0.2, 0) is 9.59 Å². The van der Waals surface area contributed by atoms with Gasteiger partial charge in [0.15, 0.2) is 0 Å². The molecule has 0 aromatic carbocycles. The zero-order valence-electron chi connectivity index (χ0n) is 7.85. The third-order valence-corrected chi connectivity index (χ3v) is 1.97. The number of nitrogens with zero attached hydrogens (tertiary/aromatic N) is 1. The Labute approximate surface area is 82.5 Å². The van der Waals surface area contributed by atoms with Crippen molar-refractivity contribution in [3.05, 3.63) is 24.8 Å². The molecule has 0 aliphatic heterocycles. The Hall–Kier alpha value is -1.58. The van der Waals surface area contributed by atoms with E-state index in [4.69, 9.17) is 5.11 Å². The number of aliphatic carboxylic acids is 1. The third kappa shape index (κ3) is 3.05. The lowest BCUT2D eigenvalue weighted by Crippen LogP contribution is -2.31. The molecule has 76 valence electrons. The lowest BCUT2D eigenvalue weighted by Gasteiger charge is -2.18. The fraction of sp³-hybridized carbons (Fsp3) is 0.400. The van der Waals surface area contributed by atoms with Crippen molar-refractivity contribution in [3.8, 4) is 0 Å². The number of carbonyl (C=O) groups is 2. The summed E-state index contributed by atoms with van der Waals surface area (Å²) in [5.41, 5.74) is 0. The van der Waals surface area contributed by atoms with E-state index in [0.29, 0.717) is 6.54 Å². The molecule has 1 N–H and O–H groups in total. The number of carbonyl (C=O) groups excluding carboxylic acids is 1. The maximum absolute atomic E-state index is 11.4. The average molecular weight is 195 g/mol. The molecule has 1 rings (SSSR count). The van der Waals surface area contributed by atoms with E-state index in [9.17, 15) is 9.59 Å². The summed E-state index contributed by atoms with van der Waals surface area (Å²) < 4.78 is 0. The van der Waals surface area contributed by atoms with Gasteiger partial charge >= 0.3 is 5.97 Å². The molecule has 1 saturated carbocycles. The van der Waals surface area contributed by atoms with Crippen LogP contribution < -0.4 is 0 Å². The smallest absolute Gasteiger partial charge is 0.328 e. The highest BCUT2D eigenvalue weighted by molar-refractivity contribution is 5.94. The second-order valence-electron chi connectivity index (χ2n) is 3.18. The second kappa shape index (κ2) is 4.60. The standard InChI is InChI=1S/C10H13NO3/c1-2-7-11(8-3-4-8)9(12)5-6-10(13)14/h2,5-6,8H,1,3-4,7H2,(H,13,14)/b6-5+. The topological polar surface area (TPSA) is 57.6 Å². The molecule has 1 aliphatic rings. The summed E-state index contributed by atoms with van der Waals surface area (Å²) in [5.74, 6) is -1.36. The molecule has 0 aromatic rings. The van der Waals surface area contributed by atoms with E-state index in [0.717, 1.165) is 25.0 Å². The van der Waals surface area contributed by atoms with Crippen LogP contribution in [0.3, 0.4) is 0 Å². The molecule has 1 amide bonds. The van der Waals surface area contributed by atoms with Crippen LogP contribution in [0.4, 0.5) is 0 Å². The van der Waals surface area contributed by atoms with E-state index in [-0.39, 0.29) is 11.9 Å². The van der Waals surface area contributed by atoms with Gasteiger partial charge in [0.25, 0.3) is 0 Å². The van der Waals surface area contributed by atoms with Crippen molar-refractivity contribution in [2.75, 3.05) is 6.54 Å². The van der Waals surface area contributed by atoms with Gasteiger partial charge in [0.2, 0.25) is 5.91 Å². The Balaban J connectivity index is 2.54. The zero-order valence-corrected chi connectivity index (χ0v) is 7.85. The molecular formula is C10H13NO3. The SMILES string of the molecule is C=CCN(C(=O)/C=C/C(=O)O)C1CC1. The van der Waals surface area contributed by atoms with E-state index < -0.39 is 5.97 Å². The predicted molar refractivity (Wildman–Crippen MR) is 51.7 cm³/mol. The molecule has 0 bridgehead atoms. The van der Waals surface area contributed by atoms with Gasteiger partial charge in [0, 0.05) is 24.7 Å². The quantitative estimate of drug-likeness (QED) is 0.521. The van der Waals surface area contributed by atoms with Crippen molar-refractivity contribution < 1.29 is 14.7 Å². The van der Waals surface area contributed by atoms with Crippen molar-refractivity contribution in [3.63, 3.8) is 0 Å². The minimum atomic E-state index is -1.10. The van der Waals surface area contributed by atoms with Gasteiger partial charge in [-0.25, -0.2) is 4.79 Å². The Morgan fingerprint density at radius 2 is 2.07 bits per heavy atom. The summed E-state index contributed by atoms with van der Waals surface area (Å²) in [6, 6.07) is 0.277. The monoisotopic (exact) mass is 195 g/mol. The van der Waals surface area contributed by atoms with Crippen molar-refractivity contribution >= 4 is 11.9 Å². The fourth-order valence-corrected chi connectivity index (χ4v) is 1.18. The molecule has 0 radical (unpaired) electrons. The van der Waals surface area contributed by atoms with E-state index in [1.54, 1.807) is 11.0 Å². The normalized spacial score (nSPS) is 15.4. The van der Waals surface area contributed by atoms with E-state index in [2.05, 4.69) is 6.58 Å². The third-order valence-electron chi connectivity index (χ3n) is 1.97. The van der Waals surface area contributed by atoms with E-state index in [1.165, 1.54) is 0 Å². The van der Waals surface area contributed by atoms with Crippen LogP contribution in [0.1, 0.15) is 12.8 Å². The summed E-state index contributed by atoms with van der Waals surface area (Å²) in [6.45, 7) is 4.03. The molecule has 4 nitrogen and oxygen atoms in total. The van der Waals surface area contributed by atoms with Crippen LogP contribution in [-0.4, -0.2) is 34.5 Å². The first-order valence-corrected chi connectivity index (χ1v) is 4.47. The average Bonchev–Trinajstić information content (AvgIpc) is 2.93. The lowest BCUT2D eigenvalue weighted by atomic mass is 10.4. The van der Waals surface area contributed by atoms with Crippen LogP contribution in [0.15, 0.2) is 24.8 Å². The molecule has 1 aliphatic carbocycles. The van der Waals surface area contributed by atoms with E-state index in [1.807, 2.05) is 0 Å².